The van der Waals surface area contributed by atoms with Gasteiger partial charge in [0.1, 0.15) is 0 Å². The number of benzene rings is 1. The minimum atomic E-state index is -1.60. The van der Waals surface area contributed by atoms with Crippen LogP contribution >= 0.6 is 0 Å². The van der Waals surface area contributed by atoms with Crippen molar-refractivity contribution in [2.75, 3.05) is 7.11 Å². The van der Waals surface area contributed by atoms with E-state index in [4.69, 9.17) is 5.73 Å². The summed E-state index contributed by atoms with van der Waals surface area (Å²) in [7, 11) is 1.15. The Balaban J connectivity index is 2.96. The molecule has 0 heterocycles. The number of methoxy groups -OCH3 is 1. The van der Waals surface area contributed by atoms with Crippen molar-refractivity contribution < 1.29 is 22.7 Å². The summed E-state index contributed by atoms with van der Waals surface area (Å²) in [6, 6.07) is 0.689. The molecule has 0 amide bonds. The number of halogens is 3. The summed E-state index contributed by atoms with van der Waals surface area (Å²) in [6.07, 6.45) is -0.307. The van der Waals surface area contributed by atoms with Crippen LogP contribution in [-0.2, 0) is 9.53 Å². The van der Waals surface area contributed by atoms with Crippen LogP contribution in [0.5, 0.6) is 0 Å². The van der Waals surface area contributed by atoms with Crippen molar-refractivity contribution in [3.63, 3.8) is 0 Å². The predicted octanol–water partition coefficient (Wildman–Crippen LogP) is 1.67. The highest BCUT2D eigenvalue weighted by molar-refractivity contribution is 5.70. The fraction of sp³-hybridized carbons (Fsp3) is 0.300. The van der Waals surface area contributed by atoms with Gasteiger partial charge in [0.15, 0.2) is 17.5 Å². The molecule has 0 bridgehead atoms. The second-order valence-electron chi connectivity index (χ2n) is 3.15. The SMILES string of the molecule is COC(=O)C[C@@H](N)c1ccc(F)c(F)c1F. The van der Waals surface area contributed by atoms with Gasteiger partial charge in [0.25, 0.3) is 0 Å². The van der Waals surface area contributed by atoms with Crippen LogP contribution in [0.4, 0.5) is 13.2 Å². The maximum atomic E-state index is 13.2. The van der Waals surface area contributed by atoms with Crippen molar-refractivity contribution in [3.05, 3.63) is 35.1 Å². The van der Waals surface area contributed by atoms with Crippen LogP contribution in [0.1, 0.15) is 18.0 Å². The lowest BCUT2D eigenvalue weighted by atomic mass is 10.0. The molecule has 0 aromatic heterocycles. The Kier molecular flexibility index (Phi) is 3.89. The van der Waals surface area contributed by atoms with Crippen LogP contribution in [-0.4, -0.2) is 13.1 Å². The van der Waals surface area contributed by atoms with Crippen molar-refractivity contribution in [2.24, 2.45) is 5.73 Å². The highest BCUT2D eigenvalue weighted by Gasteiger charge is 2.20. The zero-order valence-electron chi connectivity index (χ0n) is 8.47. The molecule has 0 radical (unpaired) electrons. The van der Waals surface area contributed by atoms with E-state index in [0.717, 1.165) is 19.2 Å². The van der Waals surface area contributed by atoms with E-state index >= 15 is 0 Å². The first-order valence-electron chi connectivity index (χ1n) is 4.43. The van der Waals surface area contributed by atoms with Crippen molar-refractivity contribution in [2.45, 2.75) is 12.5 Å². The van der Waals surface area contributed by atoms with Gasteiger partial charge in [-0.2, -0.15) is 0 Å². The van der Waals surface area contributed by atoms with Gasteiger partial charge in [-0.25, -0.2) is 13.2 Å². The third-order valence-electron chi connectivity index (χ3n) is 2.08. The molecule has 0 aliphatic carbocycles. The summed E-state index contributed by atoms with van der Waals surface area (Å²) >= 11 is 0. The lowest BCUT2D eigenvalue weighted by molar-refractivity contribution is -0.141. The molecule has 0 spiro atoms. The largest absolute Gasteiger partial charge is 0.469 e. The minimum absolute atomic E-state index is 0.260. The quantitative estimate of drug-likeness (QED) is 0.638. The zero-order chi connectivity index (χ0) is 12.3. The fourth-order valence-electron chi connectivity index (χ4n) is 1.20. The third-order valence-corrected chi connectivity index (χ3v) is 2.08. The molecular weight excluding hydrogens is 223 g/mol. The van der Waals surface area contributed by atoms with Crippen LogP contribution in [0.25, 0.3) is 0 Å². The average Bonchev–Trinajstić information content (AvgIpc) is 2.25. The Labute approximate surface area is 90.0 Å². The Morgan fingerprint density at radius 1 is 1.38 bits per heavy atom. The van der Waals surface area contributed by atoms with Gasteiger partial charge in [0.2, 0.25) is 0 Å². The molecule has 0 aliphatic rings. The summed E-state index contributed by atoms with van der Waals surface area (Å²) in [5, 5.41) is 0. The molecular formula is C10H10F3NO2. The number of rotatable bonds is 3. The number of esters is 1. The van der Waals surface area contributed by atoms with Gasteiger partial charge in [-0.1, -0.05) is 6.07 Å². The number of hydrogen-bond acceptors (Lipinski definition) is 3. The first-order valence-corrected chi connectivity index (χ1v) is 4.43. The standard InChI is InChI=1S/C10H10F3NO2/c1-16-8(15)4-7(14)5-2-3-6(11)10(13)9(5)12/h2-3,7H,4,14H2,1H3/t7-/m1/s1. The summed E-state index contributed by atoms with van der Waals surface area (Å²) in [4.78, 5) is 10.9. The molecule has 0 saturated heterocycles. The van der Waals surface area contributed by atoms with E-state index in [1.807, 2.05) is 0 Å². The van der Waals surface area contributed by atoms with Crippen LogP contribution in [0, 0.1) is 17.5 Å². The first kappa shape index (κ1) is 12.5. The van der Waals surface area contributed by atoms with Crippen molar-refractivity contribution >= 4 is 5.97 Å². The molecule has 0 aliphatic heterocycles. The van der Waals surface area contributed by atoms with E-state index in [9.17, 15) is 18.0 Å². The highest BCUT2D eigenvalue weighted by Crippen LogP contribution is 2.22. The van der Waals surface area contributed by atoms with E-state index in [-0.39, 0.29) is 12.0 Å². The Morgan fingerprint density at radius 2 is 2.00 bits per heavy atom. The van der Waals surface area contributed by atoms with Gasteiger partial charge in [-0.3, -0.25) is 4.79 Å². The molecule has 3 nitrogen and oxygen atoms in total. The van der Waals surface area contributed by atoms with Crippen LogP contribution in [0.2, 0.25) is 0 Å². The first-order chi connectivity index (χ1) is 7.47. The normalized spacial score (nSPS) is 12.3. The maximum Gasteiger partial charge on any atom is 0.307 e. The molecule has 0 fully saturated rings. The Bertz CT molecular complexity index is 409. The van der Waals surface area contributed by atoms with Crippen LogP contribution in [0.3, 0.4) is 0 Å². The van der Waals surface area contributed by atoms with Crippen molar-refractivity contribution in [3.8, 4) is 0 Å². The fourth-order valence-corrected chi connectivity index (χ4v) is 1.20. The third kappa shape index (κ3) is 2.52. The molecule has 16 heavy (non-hydrogen) atoms. The van der Waals surface area contributed by atoms with Crippen molar-refractivity contribution in [1.82, 2.24) is 0 Å². The molecule has 0 saturated carbocycles. The Morgan fingerprint density at radius 3 is 2.56 bits per heavy atom. The topological polar surface area (TPSA) is 52.3 Å². The summed E-state index contributed by atoms with van der Waals surface area (Å²) in [5.74, 6) is -4.93. The number of nitrogens with two attached hydrogens (primary N) is 1. The lowest BCUT2D eigenvalue weighted by Gasteiger charge is -2.12. The van der Waals surface area contributed by atoms with Gasteiger partial charge in [0, 0.05) is 11.6 Å². The van der Waals surface area contributed by atoms with E-state index in [2.05, 4.69) is 4.74 Å². The number of hydrogen-bond donors (Lipinski definition) is 1. The van der Waals surface area contributed by atoms with E-state index < -0.39 is 29.5 Å². The minimum Gasteiger partial charge on any atom is -0.469 e. The molecule has 0 unspecified atom stereocenters. The predicted molar refractivity (Wildman–Crippen MR) is 49.9 cm³/mol. The number of carbonyl (C=O) groups excluding carboxylic acids is 1. The average molecular weight is 233 g/mol. The highest BCUT2D eigenvalue weighted by atomic mass is 19.2. The molecule has 1 atom stereocenters. The molecule has 1 aromatic rings. The molecule has 1 rings (SSSR count). The summed E-state index contributed by atoms with van der Waals surface area (Å²) in [5.41, 5.74) is 5.20. The number of ether oxygens (including phenoxy) is 1. The molecule has 1 aromatic carbocycles. The number of carbonyl (C=O) groups is 1. The van der Waals surface area contributed by atoms with Gasteiger partial charge >= 0.3 is 5.97 Å². The summed E-state index contributed by atoms with van der Waals surface area (Å²) in [6.45, 7) is 0. The van der Waals surface area contributed by atoms with Crippen LogP contribution < -0.4 is 5.73 Å². The molecule has 88 valence electrons. The van der Waals surface area contributed by atoms with E-state index in [0.29, 0.717) is 0 Å². The van der Waals surface area contributed by atoms with E-state index in [1.165, 1.54) is 0 Å². The second kappa shape index (κ2) is 4.98. The smallest absolute Gasteiger partial charge is 0.307 e. The van der Waals surface area contributed by atoms with Gasteiger partial charge in [-0.15, -0.1) is 0 Å². The van der Waals surface area contributed by atoms with Gasteiger partial charge in [-0.05, 0) is 6.07 Å². The second-order valence-corrected chi connectivity index (χ2v) is 3.15. The lowest BCUT2D eigenvalue weighted by Crippen LogP contribution is -2.18. The zero-order valence-corrected chi connectivity index (χ0v) is 8.47. The monoisotopic (exact) mass is 233 g/mol. The molecule has 2 N–H and O–H groups in total. The maximum absolute atomic E-state index is 13.2. The molecule has 6 heteroatoms. The van der Waals surface area contributed by atoms with Gasteiger partial charge < -0.3 is 10.5 Å². The van der Waals surface area contributed by atoms with Crippen LogP contribution in [0.15, 0.2) is 12.1 Å². The Hall–Kier alpha value is -1.56. The van der Waals surface area contributed by atoms with Gasteiger partial charge in [0.05, 0.1) is 13.5 Å². The van der Waals surface area contributed by atoms with Crippen molar-refractivity contribution in [1.29, 1.82) is 0 Å². The summed E-state index contributed by atoms with van der Waals surface area (Å²) < 4.78 is 43.0. The van der Waals surface area contributed by atoms with E-state index in [1.54, 1.807) is 0 Å².